The number of hydrogen-bond donors (Lipinski definition) is 2. The third-order valence-corrected chi connectivity index (χ3v) is 5.52. The first kappa shape index (κ1) is 17.0. The van der Waals surface area contributed by atoms with Gasteiger partial charge in [-0.1, -0.05) is 6.07 Å². The van der Waals surface area contributed by atoms with Crippen molar-refractivity contribution in [2.45, 2.75) is 31.8 Å². The normalized spacial score (nSPS) is 21.7. The number of thiophene rings is 1. The molecule has 1 aliphatic heterocycles. The maximum Gasteiger partial charge on any atom is 0.282 e. The van der Waals surface area contributed by atoms with E-state index < -0.39 is 29.4 Å². The predicted octanol–water partition coefficient (Wildman–Crippen LogP) is 2.91. The zero-order valence-electron chi connectivity index (χ0n) is 13.1. The van der Waals surface area contributed by atoms with E-state index in [9.17, 15) is 18.0 Å². The zero-order valence-corrected chi connectivity index (χ0v) is 13.9. The van der Waals surface area contributed by atoms with Crippen LogP contribution >= 0.6 is 11.3 Å². The van der Waals surface area contributed by atoms with Gasteiger partial charge < -0.3 is 10.2 Å². The van der Waals surface area contributed by atoms with E-state index in [4.69, 9.17) is 0 Å². The van der Waals surface area contributed by atoms with E-state index >= 15 is 0 Å². The SMILES string of the molecule is C[C@@H](C(=O)Nc1ccc(F)c(F)c1F)[NH+]1CCC[C@@H]1c1cccs1. The highest BCUT2D eigenvalue weighted by atomic mass is 32.1. The molecule has 0 saturated carbocycles. The molecule has 1 saturated heterocycles. The van der Waals surface area contributed by atoms with E-state index in [1.54, 1.807) is 18.3 Å². The average Bonchev–Trinajstić information content (AvgIpc) is 3.25. The number of hydrogen-bond acceptors (Lipinski definition) is 2. The van der Waals surface area contributed by atoms with Crippen molar-refractivity contribution in [1.29, 1.82) is 0 Å². The van der Waals surface area contributed by atoms with Gasteiger partial charge in [-0.25, -0.2) is 13.2 Å². The van der Waals surface area contributed by atoms with Crippen LogP contribution in [0.25, 0.3) is 0 Å². The fraction of sp³-hybridized carbons (Fsp3) is 0.353. The van der Waals surface area contributed by atoms with E-state index in [2.05, 4.69) is 11.4 Å². The molecule has 2 aromatic rings. The quantitative estimate of drug-likeness (QED) is 0.813. The molecule has 0 aliphatic carbocycles. The maximum absolute atomic E-state index is 13.7. The molecular weight excluding hydrogens is 337 g/mol. The van der Waals surface area contributed by atoms with Crippen molar-refractivity contribution in [3.05, 3.63) is 52.0 Å². The van der Waals surface area contributed by atoms with Crippen molar-refractivity contribution >= 4 is 22.9 Å². The number of carbonyl (C=O) groups is 1. The molecule has 24 heavy (non-hydrogen) atoms. The molecule has 0 radical (unpaired) electrons. The average molecular weight is 355 g/mol. The lowest BCUT2D eigenvalue weighted by Crippen LogP contribution is -3.15. The Bertz CT molecular complexity index is 736. The molecule has 1 amide bonds. The van der Waals surface area contributed by atoms with Crippen molar-refractivity contribution in [2.75, 3.05) is 11.9 Å². The summed E-state index contributed by atoms with van der Waals surface area (Å²) in [5, 5.41) is 4.39. The summed E-state index contributed by atoms with van der Waals surface area (Å²) in [5.41, 5.74) is -0.336. The molecule has 128 valence electrons. The van der Waals surface area contributed by atoms with E-state index in [0.717, 1.165) is 36.4 Å². The van der Waals surface area contributed by atoms with Gasteiger partial charge in [0.25, 0.3) is 5.91 Å². The zero-order chi connectivity index (χ0) is 17.3. The topological polar surface area (TPSA) is 33.5 Å². The Hall–Kier alpha value is -1.86. The first-order chi connectivity index (χ1) is 11.5. The summed E-state index contributed by atoms with van der Waals surface area (Å²) in [4.78, 5) is 14.8. The molecule has 1 aliphatic rings. The van der Waals surface area contributed by atoms with Crippen molar-refractivity contribution < 1.29 is 22.9 Å². The maximum atomic E-state index is 13.7. The molecule has 3 nitrogen and oxygen atoms in total. The third-order valence-electron chi connectivity index (χ3n) is 4.53. The summed E-state index contributed by atoms with van der Waals surface area (Å²) in [6.45, 7) is 2.62. The van der Waals surface area contributed by atoms with Crippen LogP contribution in [-0.4, -0.2) is 18.5 Å². The fourth-order valence-corrected chi connectivity index (χ4v) is 4.14. The summed E-state index contributed by atoms with van der Waals surface area (Å²) in [5.74, 6) is -4.63. The Labute approximate surface area is 142 Å². The first-order valence-corrected chi connectivity index (χ1v) is 8.70. The second-order valence-electron chi connectivity index (χ2n) is 5.97. The van der Waals surface area contributed by atoms with Crippen LogP contribution in [0.3, 0.4) is 0 Å². The number of halogens is 3. The Morgan fingerprint density at radius 3 is 2.79 bits per heavy atom. The molecule has 1 aromatic carbocycles. The van der Waals surface area contributed by atoms with Crippen molar-refractivity contribution in [1.82, 2.24) is 0 Å². The largest absolute Gasteiger partial charge is 0.318 e. The van der Waals surface area contributed by atoms with Crippen LogP contribution < -0.4 is 10.2 Å². The van der Waals surface area contributed by atoms with Gasteiger partial charge >= 0.3 is 0 Å². The molecule has 3 rings (SSSR count). The summed E-state index contributed by atoms with van der Waals surface area (Å²) in [7, 11) is 0. The lowest BCUT2D eigenvalue weighted by molar-refractivity contribution is -0.931. The minimum Gasteiger partial charge on any atom is -0.318 e. The molecule has 2 heterocycles. The lowest BCUT2D eigenvalue weighted by Gasteiger charge is -2.26. The van der Waals surface area contributed by atoms with Gasteiger partial charge in [0.05, 0.1) is 17.1 Å². The summed E-state index contributed by atoms with van der Waals surface area (Å²) >= 11 is 1.66. The number of carbonyl (C=O) groups excluding carboxylic acids is 1. The van der Waals surface area contributed by atoms with Crippen LogP contribution in [0.4, 0.5) is 18.9 Å². The highest BCUT2D eigenvalue weighted by Gasteiger charge is 2.37. The van der Waals surface area contributed by atoms with Crippen LogP contribution in [0, 0.1) is 17.5 Å². The standard InChI is InChI=1S/C17H17F3N2OS/c1-10(22-8-2-4-13(22)14-5-3-9-24-14)17(23)21-12-7-6-11(18)15(19)16(12)20/h3,5-7,9-10,13H,2,4,8H2,1H3,(H,21,23)/p+1/t10-,13+/m0/s1. The molecule has 0 bridgehead atoms. The van der Waals surface area contributed by atoms with Gasteiger partial charge in [-0.15, -0.1) is 11.3 Å². The number of quaternary nitrogens is 1. The molecule has 2 N–H and O–H groups in total. The van der Waals surface area contributed by atoms with E-state index in [1.165, 1.54) is 4.88 Å². The highest BCUT2D eigenvalue weighted by molar-refractivity contribution is 7.10. The van der Waals surface area contributed by atoms with Crippen LogP contribution in [0.2, 0.25) is 0 Å². The smallest absolute Gasteiger partial charge is 0.282 e. The number of benzene rings is 1. The van der Waals surface area contributed by atoms with E-state index in [-0.39, 0.29) is 11.7 Å². The van der Waals surface area contributed by atoms with Crippen LogP contribution in [0.5, 0.6) is 0 Å². The molecule has 1 fully saturated rings. The number of anilines is 1. The predicted molar refractivity (Wildman–Crippen MR) is 86.5 cm³/mol. The minimum absolute atomic E-state index is 0.237. The Morgan fingerprint density at radius 2 is 2.08 bits per heavy atom. The monoisotopic (exact) mass is 355 g/mol. The number of likely N-dealkylation sites (tertiary alicyclic amines) is 1. The van der Waals surface area contributed by atoms with Crippen LogP contribution in [0.15, 0.2) is 29.6 Å². The Morgan fingerprint density at radius 1 is 1.29 bits per heavy atom. The molecular formula is C17H18F3N2OS+. The van der Waals surface area contributed by atoms with Gasteiger partial charge in [0.15, 0.2) is 23.5 Å². The second-order valence-corrected chi connectivity index (χ2v) is 6.95. The summed E-state index contributed by atoms with van der Waals surface area (Å²) in [6, 6.07) is 5.69. The fourth-order valence-electron chi connectivity index (χ4n) is 3.23. The van der Waals surface area contributed by atoms with Gasteiger partial charge in [-0.3, -0.25) is 4.79 Å². The summed E-state index contributed by atoms with van der Waals surface area (Å²) < 4.78 is 40.0. The molecule has 1 aromatic heterocycles. The van der Waals surface area contributed by atoms with Gasteiger partial charge in [-0.2, -0.15) is 0 Å². The van der Waals surface area contributed by atoms with Gasteiger partial charge in [0.2, 0.25) is 0 Å². The number of nitrogens with one attached hydrogen (secondary N) is 2. The van der Waals surface area contributed by atoms with Crippen LogP contribution in [0.1, 0.15) is 30.7 Å². The number of amides is 1. The third kappa shape index (κ3) is 3.18. The molecule has 1 unspecified atom stereocenters. The van der Waals surface area contributed by atoms with Crippen LogP contribution in [-0.2, 0) is 4.79 Å². The van der Waals surface area contributed by atoms with Crippen molar-refractivity contribution in [3.63, 3.8) is 0 Å². The highest BCUT2D eigenvalue weighted by Crippen LogP contribution is 2.24. The number of rotatable bonds is 4. The lowest BCUT2D eigenvalue weighted by atomic mass is 10.1. The van der Waals surface area contributed by atoms with E-state index in [1.807, 2.05) is 11.4 Å². The molecule has 3 atom stereocenters. The summed E-state index contributed by atoms with van der Waals surface area (Å²) in [6.07, 6.45) is 2.00. The van der Waals surface area contributed by atoms with Gasteiger partial charge in [0, 0.05) is 12.8 Å². The first-order valence-electron chi connectivity index (χ1n) is 7.82. The van der Waals surface area contributed by atoms with Crippen molar-refractivity contribution in [3.8, 4) is 0 Å². The van der Waals surface area contributed by atoms with E-state index in [0.29, 0.717) is 0 Å². The van der Waals surface area contributed by atoms with Crippen molar-refractivity contribution in [2.24, 2.45) is 0 Å². The Balaban J connectivity index is 1.74. The molecule has 7 heteroatoms. The minimum atomic E-state index is -1.58. The Kier molecular flexibility index (Phi) is 4.91. The second kappa shape index (κ2) is 6.94. The van der Waals surface area contributed by atoms with Gasteiger partial charge in [0.1, 0.15) is 6.04 Å². The molecule has 0 spiro atoms. The van der Waals surface area contributed by atoms with Gasteiger partial charge in [-0.05, 0) is 30.5 Å².